The van der Waals surface area contributed by atoms with Crippen LogP contribution in [0, 0.1) is 13.8 Å². The minimum absolute atomic E-state index is 0.105. The second kappa shape index (κ2) is 5.81. The van der Waals surface area contributed by atoms with E-state index in [0.717, 1.165) is 18.8 Å². The van der Waals surface area contributed by atoms with E-state index in [9.17, 15) is 0 Å². The smallest absolute Gasteiger partial charge is 0.105 e. The Morgan fingerprint density at radius 3 is 2.13 bits per heavy atom. The molecule has 2 heterocycles. The van der Waals surface area contributed by atoms with Crippen molar-refractivity contribution in [3.63, 3.8) is 0 Å². The molecule has 0 saturated carbocycles. The quantitative estimate of drug-likeness (QED) is 0.855. The van der Waals surface area contributed by atoms with E-state index >= 15 is 0 Å². The monoisotopic (exact) mass is 316 g/mol. The summed E-state index contributed by atoms with van der Waals surface area (Å²) >= 11 is 0. The fourth-order valence-electron chi connectivity index (χ4n) is 3.39. The number of hydrogen-bond acceptors (Lipinski definition) is 2. The van der Waals surface area contributed by atoms with Gasteiger partial charge in [0, 0.05) is 48.6 Å². The summed E-state index contributed by atoms with van der Waals surface area (Å²) in [5, 5.41) is 4.78. The van der Waals surface area contributed by atoms with Crippen molar-refractivity contribution in [1.82, 2.24) is 19.3 Å². The summed E-state index contributed by atoms with van der Waals surface area (Å²) in [5.74, 6) is 1.08. The first-order valence-corrected chi connectivity index (χ1v) is 8.48. The van der Waals surface area contributed by atoms with Crippen LogP contribution in [-0.4, -0.2) is 19.3 Å². The van der Waals surface area contributed by atoms with Gasteiger partial charge in [-0.3, -0.25) is 4.68 Å². The summed E-state index contributed by atoms with van der Waals surface area (Å²) < 4.78 is 4.36. The van der Waals surface area contributed by atoms with Crippen LogP contribution in [0.1, 0.15) is 70.0 Å². The molecule has 2 aromatic heterocycles. The van der Waals surface area contributed by atoms with Gasteiger partial charge in [-0.15, -0.1) is 0 Å². The van der Waals surface area contributed by atoms with Gasteiger partial charge in [-0.2, -0.15) is 5.10 Å². The zero-order valence-corrected chi connectivity index (χ0v) is 16.3. The van der Waals surface area contributed by atoms with Crippen molar-refractivity contribution < 1.29 is 0 Å². The Labute approximate surface area is 140 Å². The van der Waals surface area contributed by atoms with Gasteiger partial charge in [-0.25, -0.2) is 4.98 Å². The summed E-state index contributed by atoms with van der Waals surface area (Å²) in [6, 6.07) is 0. The highest BCUT2D eigenvalue weighted by molar-refractivity contribution is 5.32. The van der Waals surface area contributed by atoms with Crippen LogP contribution in [0.15, 0.2) is 6.20 Å². The largest absolute Gasteiger partial charge is 0.331 e. The number of nitrogens with zero attached hydrogens (tertiary/aromatic N) is 4. The first-order valence-electron chi connectivity index (χ1n) is 8.48. The highest BCUT2D eigenvalue weighted by atomic mass is 15.3. The average Bonchev–Trinajstić information content (AvgIpc) is 2.87. The molecule has 0 radical (unpaired) electrons. The number of imidazole rings is 1. The Bertz CT molecular complexity index is 690. The molecule has 0 aromatic carbocycles. The second-order valence-corrected chi connectivity index (χ2v) is 8.62. The van der Waals surface area contributed by atoms with Gasteiger partial charge in [0.1, 0.15) is 5.82 Å². The molecule has 0 N–H and O–H groups in total. The molecule has 23 heavy (non-hydrogen) atoms. The second-order valence-electron chi connectivity index (χ2n) is 8.62. The van der Waals surface area contributed by atoms with E-state index in [2.05, 4.69) is 64.9 Å². The number of aryl methyl sites for hydroxylation is 3. The lowest BCUT2D eigenvalue weighted by atomic mass is 9.84. The summed E-state index contributed by atoms with van der Waals surface area (Å²) in [4.78, 5) is 4.53. The maximum absolute atomic E-state index is 4.78. The van der Waals surface area contributed by atoms with Crippen molar-refractivity contribution in [3.8, 4) is 0 Å². The van der Waals surface area contributed by atoms with Crippen LogP contribution < -0.4 is 0 Å². The lowest BCUT2D eigenvalue weighted by Crippen LogP contribution is -2.20. The molecule has 0 fully saturated rings. The van der Waals surface area contributed by atoms with Crippen LogP contribution in [0.4, 0.5) is 0 Å². The number of aromatic nitrogens is 4. The highest BCUT2D eigenvalue weighted by Gasteiger charge is 2.25. The molecule has 128 valence electrons. The Kier molecular flexibility index (Phi) is 4.49. The maximum atomic E-state index is 4.78. The van der Waals surface area contributed by atoms with E-state index in [1.54, 1.807) is 0 Å². The van der Waals surface area contributed by atoms with E-state index in [1.165, 1.54) is 22.6 Å². The Balaban J connectivity index is 2.34. The molecule has 0 bridgehead atoms. The van der Waals surface area contributed by atoms with Crippen LogP contribution in [0.5, 0.6) is 0 Å². The lowest BCUT2D eigenvalue weighted by Gasteiger charge is -2.23. The summed E-state index contributed by atoms with van der Waals surface area (Å²) in [6.45, 7) is 18.7. The average molecular weight is 316 g/mol. The van der Waals surface area contributed by atoms with Crippen LogP contribution in [-0.2, 0) is 30.8 Å². The Morgan fingerprint density at radius 1 is 1.00 bits per heavy atom. The van der Waals surface area contributed by atoms with E-state index in [0.29, 0.717) is 0 Å². The minimum Gasteiger partial charge on any atom is -0.331 e. The minimum atomic E-state index is 0.105. The normalized spacial score (nSPS) is 12.9. The van der Waals surface area contributed by atoms with Crippen LogP contribution in [0.2, 0.25) is 0 Å². The molecule has 0 atom stereocenters. The molecule has 0 saturated heterocycles. The molecule has 4 nitrogen and oxygen atoms in total. The van der Waals surface area contributed by atoms with Crippen LogP contribution in [0.3, 0.4) is 0 Å². The molecule has 0 amide bonds. The van der Waals surface area contributed by atoms with Crippen molar-refractivity contribution in [2.24, 2.45) is 7.05 Å². The zero-order valence-electron chi connectivity index (χ0n) is 16.3. The van der Waals surface area contributed by atoms with Crippen LogP contribution in [0.25, 0.3) is 0 Å². The fourth-order valence-corrected chi connectivity index (χ4v) is 3.39. The van der Waals surface area contributed by atoms with Gasteiger partial charge in [-0.1, -0.05) is 41.5 Å². The molecule has 0 aliphatic carbocycles. The van der Waals surface area contributed by atoms with Crippen molar-refractivity contribution in [2.45, 2.75) is 79.2 Å². The van der Waals surface area contributed by atoms with Gasteiger partial charge in [0.25, 0.3) is 0 Å². The third-order valence-electron chi connectivity index (χ3n) is 4.55. The zero-order chi connectivity index (χ0) is 17.6. The predicted octanol–water partition coefficient (Wildman–Crippen LogP) is 4.07. The molecule has 4 heteroatoms. The molecule has 2 aromatic rings. The van der Waals surface area contributed by atoms with E-state index in [-0.39, 0.29) is 10.8 Å². The van der Waals surface area contributed by atoms with Crippen LogP contribution >= 0.6 is 0 Å². The van der Waals surface area contributed by atoms with Gasteiger partial charge in [0.05, 0.1) is 5.69 Å². The fraction of sp³-hybridized carbons (Fsp3) is 0.684. The molecule has 0 aliphatic rings. The molecule has 0 spiro atoms. The van der Waals surface area contributed by atoms with Crippen molar-refractivity contribution in [2.75, 3.05) is 0 Å². The number of rotatable bonds is 3. The van der Waals surface area contributed by atoms with Crippen molar-refractivity contribution in [1.29, 1.82) is 0 Å². The summed E-state index contributed by atoms with van der Waals surface area (Å²) in [7, 11) is 2.04. The molecular weight excluding hydrogens is 284 g/mol. The summed E-state index contributed by atoms with van der Waals surface area (Å²) in [6.07, 6.45) is 2.96. The van der Waals surface area contributed by atoms with Gasteiger partial charge >= 0.3 is 0 Å². The predicted molar refractivity (Wildman–Crippen MR) is 96.0 cm³/mol. The van der Waals surface area contributed by atoms with E-state index < -0.39 is 0 Å². The van der Waals surface area contributed by atoms with Crippen molar-refractivity contribution in [3.05, 3.63) is 34.7 Å². The van der Waals surface area contributed by atoms with Crippen molar-refractivity contribution >= 4 is 0 Å². The summed E-state index contributed by atoms with van der Waals surface area (Å²) in [5.41, 5.74) is 5.38. The van der Waals surface area contributed by atoms with Gasteiger partial charge < -0.3 is 4.57 Å². The van der Waals surface area contributed by atoms with Gasteiger partial charge in [0.2, 0.25) is 0 Å². The molecule has 2 rings (SSSR count). The molecule has 0 unspecified atom stereocenters. The topological polar surface area (TPSA) is 35.6 Å². The van der Waals surface area contributed by atoms with E-state index in [4.69, 9.17) is 5.10 Å². The lowest BCUT2D eigenvalue weighted by molar-refractivity contribution is 0.505. The molecule has 0 aliphatic heterocycles. The Morgan fingerprint density at radius 2 is 1.61 bits per heavy atom. The van der Waals surface area contributed by atoms with E-state index in [1.807, 2.05) is 17.9 Å². The van der Waals surface area contributed by atoms with Gasteiger partial charge in [0.15, 0.2) is 0 Å². The first-order chi connectivity index (χ1) is 10.4. The standard InChI is InChI=1S/C19H32N4/c1-13-17(19(6,7)8)15(21-22(13)9)10-11-23-14(2)20-12-16(23)18(3,4)5/h12H,10-11H2,1-9H3. The third-order valence-corrected chi connectivity index (χ3v) is 4.55. The maximum Gasteiger partial charge on any atom is 0.105 e. The first kappa shape index (κ1) is 17.8. The Hall–Kier alpha value is -1.58. The van der Waals surface area contributed by atoms with Gasteiger partial charge in [-0.05, 0) is 19.3 Å². The highest BCUT2D eigenvalue weighted by Crippen LogP contribution is 2.30. The number of hydrogen-bond donors (Lipinski definition) is 0. The molecular formula is C19H32N4. The SMILES string of the molecule is Cc1c(C(C)(C)C)c(CCn2c(C(C)(C)C)cnc2C)nn1C. The third kappa shape index (κ3) is 3.51.